The zero-order valence-corrected chi connectivity index (χ0v) is 19.3. The van der Waals surface area contributed by atoms with Gasteiger partial charge in [-0.2, -0.15) is 0 Å². The van der Waals surface area contributed by atoms with E-state index in [0.29, 0.717) is 17.6 Å². The Hall–Kier alpha value is -3.08. The Labute approximate surface area is 195 Å². The van der Waals surface area contributed by atoms with Crippen molar-refractivity contribution in [3.63, 3.8) is 0 Å². The first-order chi connectivity index (χ1) is 16.2. The van der Waals surface area contributed by atoms with Gasteiger partial charge in [-0.3, -0.25) is 9.78 Å². The summed E-state index contributed by atoms with van der Waals surface area (Å²) < 4.78 is 11.8. The van der Waals surface area contributed by atoms with Crippen molar-refractivity contribution in [2.24, 2.45) is 5.92 Å². The SMILES string of the molecule is COc1ccc(CC2CCN(C(=O)c3cnc4ccccc4c3)CC2)cc1OC1CCCC1. The first kappa shape index (κ1) is 21.7. The van der Waals surface area contributed by atoms with Crippen molar-refractivity contribution in [3.8, 4) is 11.5 Å². The van der Waals surface area contributed by atoms with E-state index >= 15 is 0 Å². The second-order valence-corrected chi connectivity index (χ2v) is 9.37. The smallest absolute Gasteiger partial charge is 0.255 e. The minimum Gasteiger partial charge on any atom is -0.493 e. The lowest BCUT2D eigenvalue weighted by Crippen LogP contribution is -2.39. The van der Waals surface area contributed by atoms with Crippen LogP contribution in [0.5, 0.6) is 11.5 Å². The monoisotopic (exact) mass is 444 g/mol. The van der Waals surface area contributed by atoms with E-state index in [4.69, 9.17) is 9.47 Å². The van der Waals surface area contributed by atoms with Gasteiger partial charge in [0.15, 0.2) is 11.5 Å². The number of hydrogen-bond donors (Lipinski definition) is 0. The highest BCUT2D eigenvalue weighted by Crippen LogP contribution is 2.34. The Bertz CT molecular complexity index is 1120. The molecule has 0 unspecified atom stereocenters. The largest absolute Gasteiger partial charge is 0.493 e. The van der Waals surface area contributed by atoms with E-state index in [1.54, 1.807) is 13.3 Å². The zero-order valence-electron chi connectivity index (χ0n) is 19.3. The molecule has 2 aliphatic rings. The predicted molar refractivity (Wildman–Crippen MR) is 130 cm³/mol. The number of amides is 1. The molecule has 172 valence electrons. The second-order valence-electron chi connectivity index (χ2n) is 9.37. The van der Waals surface area contributed by atoms with Crippen LogP contribution in [0.25, 0.3) is 10.9 Å². The average molecular weight is 445 g/mol. The summed E-state index contributed by atoms with van der Waals surface area (Å²) >= 11 is 0. The van der Waals surface area contributed by atoms with Crippen LogP contribution < -0.4 is 9.47 Å². The fraction of sp³-hybridized carbons (Fsp3) is 0.429. The van der Waals surface area contributed by atoms with Crippen molar-refractivity contribution in [2.75, 3.05) is 20.2 Å². The molecule has 2 heterocycles. The van der Waals surface area contributed by atoms with Gasteiger partial charge in [0.1, 0.15) is 0 Å². The third kappa shape index (κ3) is 4.97. The summed E-state index contributed by atoms with van der Waals surface area (Å²) in [6.45, 7) is 1.58. The second kappa shape index (κ2) is 9.82. The number of hydrogen-bond acceptors (Lipinski definition) is 4. The van der Waals surface area contributed by atoms with Gasteiger partial charge >= 0.3 is 0 Å². The summed E-state index contributed by atoms with van der Waals surface area (Å²) in [4.78, 5) is 19.5. The third-order valence-electron chi connectivity index (χ3n) is 7.09. The topological polar surface area (TPSA) is 51.7 Å². The number of carbonyl (C=O) groups excluding carboxylic acids is 1. The van der Waals surface area contributed by atoms with E-state index in [-0.39, 0.29) is 5.91 Å². The van der Waals surface area contributed by atoms with Crippen LogP contribution >= 0.6 is 0 Å². The number of rotatable bonds is 6. The maximum Gasteiger partial charge on any atom is 0.255 e. The summed E-state index contributed by atoms with van der Waals surface area (Å²) in [7, 11) is 1.70. The molecule has 3 aromatic rings. The molecule has 2 fully saturated rings. The number of ether oxygens (including phenoxy) is 2. The van der Waals surface area contributed by atoms with Crippen molar-refractivity contribution in [2.45, 2.75) is 51.0 Å². The van der Waals surface area contributed by atoms with Crippen molar-refractivity contribution in [3.05, 3.63) is 65.9 Å². The maximum atomic E-state index is 13.0. The molecular weight excluding hydrogens is 412 g/mol. The molecule has 5 rings (SSSR count). The van der Waals surface area contributed by atoms with E-state index in [1.807, 2.05) is 41.3 Å². The molecule has 1 aromatic heterocycles. The molecule has 2 aromatic carbocycles. The van der Waals surface area contributed by atoms with Crippen LogP contribution in [0, 0.1) is 5.92 Å². The van der Waals surface area contributed by atoms with E-state index in [9.17, 15) is 4.79 Å². The molecule has 1 saturated heterocycles. The molecule has 0 atom stereocenters. The van der Waals surface area contributed by atoms with Crippen LogP contribution in [0.2, 0.25) is 0 Å². The van der Waals surface area contributed by atoms with Crippen molar-refractivity contribution >= 4 is 16.8 Å². The van der Waals surface area contributed by atoms with Gasteiger partial charge in [0.2, 0.25) is 0 Å². The lowest BCUT2D eigenvalue weighted by molar-refractivity contribution is 0.0690. The number of likely N-dealkylation sites (tertiary alicyclic amines) is 1. The van der Waals surface area contributed by atoms with Crippen molar-refractivity contribution in [1.29, 1.82) is 0 Å². The first-order valence-corrected chi connectivity index (χ1v) is 12.2. The Morgan fingerprint density at radius 1 is 1.00 bits per heavy atom. The molecule has 33 heavy (non-hydrogen) atoms. The van der Waals surface area contributed by atoms with Gasteiger partial charge in [0.05, 0.1) is 24.3 Å². The molecule has 0 bridgehead atoms. The molecular formula is C28H32N2O3. The van der Waals surface area contributed by atoms with Gasteiger partial charge in [0, 0.05) is 24.7 Å². The predicted octanol–water partition coefficient (Wildman–Crippen LogP) is 5.66. The highest BCUT2D eigenvalue weighted by atomic mass is 16.5. The quantitative estimate of drug-likeness (QED) is 0.492. The van der Waals surface area contributed by atoms with Crippen molar-refractivity contribution in [1.82, 2.24) is 9.88 Å². The number of para-hydroxylation sites is 1. The number of benzene rings is 2. The summed E-state index contributed by atoms with van der Waals surface area (Å²) in [5.74, 6) is 2.34. The molecule has 0 radical (unpaired) electrons. The molecule has 1 amide bonds. The molecule has 0 spiro atoms. The Kier molecular flexibility index (Phi) is 6.47. The molecule has 0 N–H and O–H groups in total. The van der Waals surface area contributed by atoms with Crippen LogP contribution in [-0.4, -0.2) is 42.1 Å². The highest BCUT2D eigenvalue weighted by Gasteiger charge is 2.25. The zero-order chi connectivity index (χ0) is 22.6. The van der Waals surface area contributed by atoms with Crippen LogP contribution in [0.4, 0.5) is 0 Å². The van der Waals surface area contributed by atoms with E-state index in [2.05, 4.69) is 17.1 Å². The molecule has 1 saturated carbocycles. The summed E-state index contributed by atoms with van der Waals surface area (Å²) in [5.41, 5.74) is 2.88. The van der Waals surface area contributed by atoms with E-state index in [0.717, 1.165) is 67.6 Å². The minimum absolute atomic E-state index is 0.0865. The van der Waals surface area contributed by atoms with Gasteiger partial charge in [-0.15, -0.1) is 0 Å². The number of aromatic nitrogens is 1. The number of methoxy groups -OCH3 is 1. The Balaban J connectivity index is 1.20. The average Bonchev–Trinajstić information content (AvgIpc) is 3.37. The van der Waals surface area contributed by atoms with Gasteiger partial charge in [-0.25, -0.2) is 0 Å². The molecule has 1 aliphatic carbocycles. The summed E-state index contributed by atoms with van der Waals surface area (Å²) in [5, 5.41) is 1.01. The van der Waals surface area contributed by atoms with E-state index in [1.165, 1.54) is 18.4 Å². The van der Waals surface area contributed by atoms with Gasteiger partial charge in [-0.05, 0) is 80.7 Å². The standard InChI is InChI=1S/C28H32N2O3/c1-32-26-11-10-21(17-27(26)33-24-7-3-4-8-24)16-20-12-14-30(15-13-20)28(31)23-18-22-6-2-5-9-25(22)29-19-23/h2,5-6,9-11,17-20,24H,3-4,7-8,12-16H2,1H3. The van der Waals surface area contributed by atoms with Crippen LogP contribution in [0.3, 0.4) is 0 Å². The van der Waals surface area contributed by atoms with Gasteiger partial charge in [-0.1, -0.05) is 24.3 Å². The van der Waals surface area contributed by atoms with E-state index < -0.39 is 0 Å². The lowest BCUT2D eigenvalue weighted by atomic mass is 9.90. The van der Waals surface area contributed by atoms with Gasteiger partial charge < -0.3 is 14.4 Å². The molecule has 5 nitrogen and oxygen atoms in total. The van der Waals surface area contributed by atoms with Crippen LogP contribution in [0.15, 0.2) is 54.7 Å². The lowest BCUT2D eigenvalue weighted by Gasteiger charge is -2.32. The number of fused-ring (bicyclic) bond motifs is 1. The summed E-state index contributed by atoms with van der Waals surface area (Å²) in [6, 6.07) is 16.2. The number of carbonyl (C=O) groups is 1. The summed E-state index contributed by atoms with van der Waals surface area (Å²) in [6.07, 6.45) is 9.81. The maximum absolute atomic E-state index is 13.0. The molecule has 5 heteroatoms. The Morgan fingerprint density at radius 2 is 1.79 bits per heavy atom. The van der Waals surface area contributed by atoms with Gasteiger partial charge in [0.25, 0.3) is 5.91 Å². The fourth-order valence-electron chi connectivity index (χ4n) is 5.17. The number of pyridine rings is 1. The highest BCUT2D eigenvalue weighted by molar-refractivity contribution is 5.97. The molecule has 1 aliphatic heterocycles. The Morgan fingerprint density at radius 3 is 2.58 bits per heavy atom. The van der Waals surface area contributed by atoms with Crippen LogP contribution in [-0.2, 0) is 6.42 Å². The number of nitrogens with zero attached hydrogens (tertiary/aromatic N) is 2. The van der Waals surface area contributed by atoms with Crippen molar-refractivity contribution < 1.29 is 14.3 Å². The first-order valence-electron chi connectivity index (χ1n) is 12.2. The fourth-order valence-corrected chi connectivity index (χ4v) is 5.17. The normalized spacial score (nSPS) is 17.4. The minimum atomic E-state index is 0.0865. The number of piperidine rings is 1. The third-order valence-corrected chi connectivity index (χ3v) is 7.09. The van der Waals surface area contributed by atoms with Crippen LogP contribution in [0.1, 0.15) is 54.4 Å².